The molecule has 132 valence electrons. The monoisotopic (exact) mass is 367 g/mol. The van der Waals surface area contributed by atoms with Gasteiger partial charge in [0, 0.05) is 18.9 Å². The van der Waals surface area contributed by atoms with Gasteiger partial charge in [0.1, 0.15) is 5.69 Å². The van der Waals surface area contributed by atoms with Gasteiger partial charge in [0.2, 0.25) is 0 Å². The van der Waals surface area contributed by atoms with Crippen LogP contribution in [0, 0.1) is 5.92 Å². The minimum absolute atomic E-state index is 0.235. The number of thiazole rings is 1. The number of alkyl halides is 3. The number of carbonyl (C=O) groups is 1. The van der Waals surface area contributed by atoms with Crippen LogP contribution < -0.4 is 5.32 Å². The minimum atomic E-state index is -4.35. The number of carbonyl (C=O) groups excluding carboxylic acids is 1. The molecule has 25 heavy (non-hydrogen) atoms. The highest BCUT2D eigenvalue weighted by molar-refractivity contribution is 7.20. The largest absolute Gasteiger partial charge is 0.416 e. The van der Waals surface area contributed by atoms with Crippen molar-refractivity contribution < 1.29 is 18.0 Å². The Balaban J connectivity index is 1.81. The molecule has 0 saturated carbocycles. The van der Waals surface area contributed by atoms with Crippen LogP contribution in [0.4, 0.5) is 13.2 Å². The first-order valence-corrected chi connectivity index (χ1v) is 8.50. The lowest BCUT2D eigenvalue weighted by Gasteiger charge is -2.06. The van der Waals surface area contributed by atoms with E-state index < -0.39 is 11.7 Å². The number of hydrogen-bond donors (Lipinski definition) is 1. The Bertz CT molecular complexity index is 863. The molecule has 3 aromatic rings. The minimum Gasteiger partial charge on any atom is -0.350 e. The third-order valence-corrected chi connectivity index (χ3v) is 4.60. The molecule has 0 aliphatic rings. The van der Waals surface area contributed by atoms with Crippen molar-refractivity contribution in [2.24, 2.45) is 5.92 Å². The van der Waals surface area contributed by atoms with E-state index in [9.17, 15) is 18.0 Å². The molecule has 0 atom stereocenters. The third-order valence-electron chi connectivity index (χ3n) is 3.56. The van der Waals surface area contributed by atoms with Crippen LogP contribution in [0.2, 0.25) is 0 Å². The smallest absolute Gasteiger partial charge is 0.350 e. The van der Waals surface area contributed by atoms with E-state index in [1.165, 1.54) is 23.5 Å². The fourth-order valence-corrected chi connectivity index (χ4v) is 3.22. The van der Waals surface area contributed by atoms with E-state index in [-0.39, 0.29) is 5.91 Å². The highest BCUT2D eigenvalue weighted by Gasteiger charge is 2.30. The van der Waals surface area contributed by atoms with Gasteiger partial charge in [0.15, 0.2) is 4.96 Å². The topological polar surface area (TPSA) is 46.4 Å². The molecule has 0 aliphatic carbocycles. The first-order chi connectivity index (χ1) is 11.7. The fourth-order valence-electron chi connectivity index (χ4n) is 2.25. The molecule has 0 unspecified atom stereocenters. The predicted octanol–water partition coefficient (Wildman–Crippen LogP) is 4.47. The van der Waals surface area contributed by atoms with Gasteiger partial charge in [0.25, 0.3) is 5.91 Å². The fraction of sp³-hybridized carbons (Fsp3) is 0.294. The normalized spacial score (nSPS) is 12.1. The maximum absolute atomic E-state index is 12.6. The first kappa shape index (κ1) is 17.5. The van der Waals surface area contributed by atoms with Gasteiger partial charge in [-0.1, -0.05) is 37.3 Å². The number of amides is 1. The van der Waals surface area contributed by atoms with E-state index in [0.717, 1.165) is 17.0 Å². The van der Waals surface area contributed by atoms with Crippen LogP contribution in [0.3, 0.4) is 0 Å². The van der Waals surface area contributed by atoms with E-state index >= 15 is 0 Å². The lowest BCUT2D eigenvalue weighted by Crippen LogP contribution is -2.27. The van der Waals surface area contributed by atoms with Crippen molar-refractivity contribution in [2.45, 2.75) is 20.0 Å². The molecule has 3 rings (SSSR count). The lowest BCUT2D eigenvalue weighted by molar-refractivity contribution is -0.137. The van der Waals surface area contributed by atoms with Crippen LogP contribution in [0.1, 0.15) is 29.9 Å². The average Bonchev–Trinajstić information content (AvgIpc) is 3.10. The number of aromatic nitrogens is 2. The van der Waals surface area contributed by atoms with Crippen molar-refractivity contribution in [1.82, 2.24) is 14.7 Å². The highest BCUT2D eigenvalue weighted by Crippen LogP contribution is 2.33. The Morgan fingerprint density at radius 2 is 1.92 bits per heavy atom. The number of nitrogens with one attached hydrogen (secondary N) is 1. The number of imidazole rings is 1. The van der Waals surface area contributed by atoms with Gasteiger partial charge < -0.3 is 5.32 Å². The predicted molar refractivity (Wildman–Crippen MR) is 90.7 cm³/mol. The maximum Gasteiger partial charge on any atom is 0.416 e. The Kier molecular flexibility index (Phi) is 4.55. The van der Waals surface area contributed by atoms with Gasteiger partial charge in [0.05, 0.1) is 10.4 Å². The quantitative estimate of drug-likeness (QED) is 0.740. The lowest BCUT2D eigenvalue weighted by atomic mass is 10.1. The first-order valence-electron chi connectivity index (χ1n) is 7.68. The summed E-state index contributed by atoms with van der Waals surface area (Å²) in [6, 6.07) is 4.99. The van der Waals surface area contributed by atoms with Crippen molar-refractivity contribution in [3.05, 3.63) is 47.9 Å². The van der Waals surface area contributed by atoms with Crippen molar-refractivity contribution in [2.75, 3.05) is 6.54 Å². The Hall–Kier alpha value is -2.35. The number of benzene rings is 1. The van der Waals surface area contributed by atoms with Crippen LogP contribution >= 0.6 is 11.3 Å². The molecule has 1 amide bonds. The molecule has 0 saturated heterocycles. The average molecular weight is 367 g/mol. The van der Waals surface area contributed by atoms with E-state index in [0.29, 0.717) is 28.7 Å². The van der Waals surface area contributed by atoms with Crippen molar-refractivity contribution >= 4 is 22.2 Å². The molecule has 0 radical (unpaired) electrons. The molecule has 8 heteroatoms. The van der Waals surface area contributed by atoms with E-state index in [2.05, 4.69) is 10.3 Å². The summed E-state index contributed by atoms with van der Waals surface area (Å²) in [6.07, 6.45) is -0.968. The standard InChI is InChI=1S/C17H16F3N3OS/c1-10(2)7-21-15(24)13-8-23-9-14(25-16(23)22-13)11-3-5-12(6-4-11)17(18,19)20/h3-6,8-10H,7H2,1-2H3,(H,21,24). The molecular formula is C17H16F3N3OS. The summed E-state index contributed by atoms with van der Waals surface area (Å²) in [5, 5.41) is 2.80. The summed E-state index contributed by atoms with van der Waals surface area (Å²) in [7, 11) is 0. The van der Waals surface area contributed by atoms with Gasteiger partial charge in [-0.05, 0) is 23.6 Å². The van der Waals surface area contributed by atoms with Crippen LogP contribution in [0.25, 0.3) is 15.4 Å². The zero-order valence-electron chi connectivity index (χ0n) is 13.6. The summed E-state index contributed by atoms with van der Waals surface area (Å²) in [6.45, 7) is 4.57. The summed E-state index contributed by atoms with van der Waals surface area (Å²) in [5.74, 6) is 0.111. The summed E-state index contributed by atoms with van der Waals surface area (Å²) in [4.78, 5) is 17.7. The molecule has 1 aromatic carbocycles. The van der Waals surface area contributed by atoms with Crippen LogP contribution in [0.5, 0.6) is 0 Å². The third kappa shape index (κ3) is 3.84. The van der Waals surface area contributed by atoms with Gasteiger partial charge in [-0.3, -0.25) is 9.20 Å². The van der Waals surface area contributed by atoms with Crippen molar-refractivity contribution in [3.8, 4) is 10.4 Å². The van der Waals surface area contributed by atoms with Crippen molar-refractivity contribution in [1.29, 1.82) is 0 Å². The SMILES string of the molecule is CC(C)CNC(=O)c1cn2cc(-c3ccc(C(F)(F)F)cc3)sc2n1. The Morgan fingerprint density at radius 3 is 2.48 bits per heavy atom. The van der Waals surface area contributed by atoms with E-state index in [4.69, 9.17) is 0 Å². The van der Waals surface area contributed by atoms with Gasteiger partial charge >= 0.3 is 6.18 Å². The van der Waals surface area contributed by atoms with E-state index in [1.807, 2.05) is 13.8 Å². The number of fused-ring (bicyclic) bond motifs is 1. The number of halogens is 3. The zero-order chi connectivity index (χ0) is 18.2. The van der Waals surface area contributed by atoms with Crippen LogP contribution in [0.15, 0.2) is 36.7 Å². The maximum atomic E-state index is 12.6. The van der Waals surface area contributed by atoms with Crippen molar-refractivity contribution in [3.63, 3.8) is 0 Å². The second kappa shape index (κ2) is 6.51. The zero-order valence-corrected chi connectivity index (χ0v) is 14.4. The summed E-state index contributed by atoms with van der Waals surface area (Å²) >= 11 is 1.32. The molecule has 0 aliphatic heterocycles. The molecule has 4 nitrogen and oxygen atoms in total. The number of hydrogen-bond acceptors (Lipinski definition) is 3. The van der Waals surface area contributed by atoms with E-state index in [1.54, 1.807) is 16.8 Å². The second-order valence-electron chi connectivity index (χ2n) is 6.09. The number of rotatable bonds is 4. The molecule has 0 spiro atoms. The molecule has 1 N–H and O–H groups in total. The Morgan fingerprint density at radius 1 is 1.24 bits per heavy atom. The van der Waals surface area contributed by atoms with Gasteiger partial charge in [-0.25, -0.2) is 4.98 Å². The summed E-state index contributed by atoms with van der Waals surface area (Å²) < 4.78 is 39.6. The molecule has 0 fully saturated rings. The Labute approximate surface area is 146 Å². The van der Waals surface area contributed by atoms with Gasteiger partial charge in [-0.15, -0.1) is 0 Å². The molecular weight excluding hydrogens is 351 g/mol. The number of nitrogens with zero attached hydrogens (tertiary/aromatic N) is 2. The van der Waals surface area contributed by atoms with Crippen LogP contribution in [-0.4, -0.2) is 21.8 Å². The molecule has 2 aromatic heterocycles. The summed E-state index contributed by atoms with van der Waals surface area (Å²) in [5.41, 5.74) is 0.321. The molecule has 0 bridgehead atoms. The van der Waals surface area contributed by atoms with Gasteiger partial charge in [-0.2, -0.15) is 13.2 Å². The second-order valence-corrected chi connectivity index (χ2v) is 7.10. The molecule has 2 heterocycles. The van der Waals surface area contributed by atoms with Crippen LogP contribution in [-0.2, 0) is 6.18 Å². The highest BCUT2D eigenvalue weighted by atomic mass is 32.1.